The van der Waals surface area contributed by atoms with Gasteiger partial charge in [-0.3, -0.25) is 0 Å². The van der Waals surface area contributed by atoms with Crippen LogP contribution in [0, 0.1) is 6.92 Å². The smallest absolute Gasteiger partial charge is 0.142 e. The normalized spacial score (nSPS) is 9.55. The Bertz CT molecular complexity index is 248. The van der Waals surface area contributed by atoms with Crippen LogP contribution in [0.1, 0.15) is 0 Å². The van der Waals surface area contributed by atoms with E-state index in [0.29, 0.717) is 23.7 Å². The fraction of sp³-hybridized carbons (Fsp3) is 0.125. The van der Waals surface area contributed by atoms with Crippen molar-refractivity contribution in [3.05, 3.63) is 25.1 Å². The first-order valence-corrected chi connectivity index (χ1v) is 3.31. The van der Waals surface area contributed by atoms with Crippen LogP contribution in [-0.2, 0) is 0 Å². The van der Waals surface area contributed by atoms with Gasteiger partial charge >= 0.3 is 0 Å². The zero-order chi connectivity index (χ0) is 8.27. The fourth-order valence-corrected chi connectivity index (χ4v) is 0.808. The largest absolute Gasteiger partial charge is 0.491 e. The molecule has 0 saturated carbocycles. The highest BCUT2D eigenvalue weighted by molar-refractivity contribution is 5.60. The molecule has 0 fully saturated rings. The molecule has 0 heterocycles. The van der Waals surface area contributed by atoms with Crippen molar-refractivity contribution in [3.63, 3.8) is 0 Å². The Kier molecular flexibility index (Phi) is 2.21. The minimum absolute atomic E-state index is 0.369. The van der Waals surface area contributed by atoms with Crippen LogP contribution < -0.4 is 16.2 Å². The molecule has 59 valence electrons. The maximum atomic E-state index is 5.57. The molecular weight excluding hydrogens is 140 g/mol. The van der Waals surface area contributed by atoms with E-state index < -0.39 is 0 Å². The monoisotopic (exact) mass is 151 g/mol. The number of benzene rings is 1. The van der Waals surface area contributed by atoms with Crippen LogP contribution in [0.15, 0.2) is 18.2 Å². The van der Waals surface area contributed by atoms with Crippen molar-refractivity contribution in [1.82, 2.24) is 0 Å². The van der Waals surface area contributed by atoms with Gasteiger partial charge in [0.05, 0.1) is 12.3 Å². The van der Waals surface area contributed by atoms with E-state index in [4.69, 9.17) is 16.2 Å². The molecule has 0 aliphatic carbocycles. The number of anilines is 2. The molecule has 1 rings (SSSR count). The second kappa shape index (κ2) is 3.14. The van der Waals surface area contributed by atoms with Crippen molar-refractivity contribution >= 4 is 11.4 Å². The number of ether oxygens (including phenoxy) is 1. The summed E-state index contributed by atoms with van der Waals surface area (Å²) in [6, 6.07) is 5.13. The number of rotatable bonds is 2. The van der Waals surface area contributed by atoms with Crippen LogP contribution >= 0.6 is 0 Å². The zero-order valence-electron chi connectivity index (χ0n) is 6.21. The van der Waals surface area contributed by atoms with Gasteiger partial charge in [-0.1, -0.05) is 0 Å². The zero-order valence-corrected chi connectivity index (χ0v) is 6.21. The molecule has 11 heavy (non-hydrogen) atoms. The molecule has 1 radical (unpaired) electrons. The molecule has 0 bridgehead atoms. The van der Waals surface area contributed by atoms with Crippen LogP contribution in [0.25, 0.3) is 0 Å². The Morgan fingerprint density at radius 1 is 1.36 bits per heavy atom. The van der Waals surface area contributed by atoms with Crippen LogP contribution in [0.5, 0.6) is 5.75 Å². The summed E-state index contributed by atoms with van der Waals surface area (Å²) >= 11 is 0. The van der Waals surface area contributed by atoms with E-state index in [2.05, 4.69) is 6.92 Å². The topological polar surface area (TPSA) is 61.3 Å². The van der Waals surface area contributed by atoms with E-state index in [1.54, 1.807) is 18.2 Å². The van der Waals surface area contributed by atoms with Crippen LogP contribution in [0.3, 0.4) is 0 Å². The summed E-state index contributed by atoms with van der Waals surface area (Å²) in [7, 11) is 0. The molecular formula is C8H11N2O. The van der Waals surface area contributed by atoms with Gasteiger partial charge in [-0.05, 0) is 25.1 Å². The maximum Gasteiger partial charge on any atom is 0.142 e. The highest BCUT2D eigenvalue weighted by atomic mass is 16.5. The standard InChI is InChI=1S/C8H11N2O/c1-2-11-8-4-3-6(9)5-7(8)10/h3-5H,1-2,9-10H2. The molecule has 0 amide bonds. The summed E-state index contributed by atoms with van der Waals surface area (Å²) in [5.74, 6) is 0.634. The first-order valence-electron chi connectivity index (χ1n) is 3.31. The van der Waals surface area contributed by atoms with Gasteiger partial charge in [-0.25, -0.2) is 0 Å². The lowest BCUT2D eigenvalue weighted by Crippen LogP contribution is -1.97. The highest BCUT2D eigenvalue weighted by Crippen LogP contribution is 2.22. The van der Waals surface area contributed by atoms with Crippen molar-refractivity contribution in [2.75, 3.05) is 18.1 Å². The van der Waals surface area contributed by atoms with Gasteiger partial charge in [0, 0.05) is 5.69 Å². The Morgan fingerprint density at radius 3 is 2.64 bits per heavy atom. The van der Waals surface area contributed by atoms with Gasteiger partial charge in [0.2, 0.25) is 0 Å². The second-order valence-corrected chi connectivity index (χ2v) is 2.15. The molecule has 3 nitrogen and oxygen atoms in total. The van der Waals surface area contributed by atoms with Crippen molar-refractivity contribution in [2.45, 2.75) is 0 Å². The maximum absolute atomic E-state index is 5.57. The molecule has 0 aromatic heterocycles. The van der Waals surface area contributed by atoms with Crippen molar-refractivity contribution in [2.24, 2.45) is 0 Å². The number of nitrogen functional groups attached to an aromatic ring is 2. The first kappa shape index (κ1) is 7.72. The third kappa shape index (κ3) is 1.77. The van der Waals surface area contributed by atoms with Crippen molar-refractivity contribution in [1.29, 1.82) is 0 Å². The lowest BCUT2D eigenvalue weighted by atomic mass is 10.2. The lowest BCUT2D eigenvalue weighted by molar-refractivity contribution is 0.363. The molecule has 0 aliphatic rings. The fourth-order valence-electron chi connectivity index (χ4n) is 0.808. The average Bonchev–Trinajstić information content (AvgIpc) is 1.95. The minimum Gasteiger partial charge on any atom is -0.491 e. The van der Waals surface area contributed by atoms with Gasteiger partial charge in [-0.2, -0.15) is 0 Å². The van der Waals surface area contributed by atoms with E-state index in [0.717, 1.165) is 0 Å². The summed E-state index contributed by atoms with van der Waals surface area (Å²) < 4.78 is 5.10. The van der Waals surface area contributed by atoms with E-state index in [1.165, 1.54) is 0 Å². The number of hydrogen-bond acceptors (Lipinski definition) is 3. The summed E-state index contributed by atoms with van der Waals surface area (Å²) in [6.45, 7) is 3.90. The number of hydrogen-bond donors (Lipinski definition) is 2. The second-order valence-electron chi connectivity index (χ2n) is 2.15. The molecule has 4 N–H and O–H groups in total. The highest BCUT2D eigenvalue weighted by Gasteiger charge is 1.97. The minimum atomic E-state index is 0.369. The Labute approximate surface area is 66.0 Å². The quantitative estimate of drug-likeness (QED) is 0.621. The molecule has 0 unspecified atom stereocenters. The third-order valence-electron chi connectivity index (χ3n) is 1.29. The van der Waals surface area contributed by atoms with Gasteiger partial charge < -0.3 is 16.2 Å². The Balaban J connectivity index is 2.90. The van der Waals surface area contributed by atoms with Gasteiger partial charge in [0.25, 0.3) is 0 Å². The summed E-state index contributed by atoms with van der Waals surface area (Å²) in [4.78, 5) is 0. The summed E-state index contributed by atoms with van der Waals surface area (Å²) in [5.41, 5.74) is 12.2. The lowest BCUT2D eigenvalue weighted by Gasteiger charge is -2.05. The summed E-state index contributed by atoms with van der Waals surface area (Å²) in [6.07, 6.45) is 0. The van der Waals surface area contributed by atoms with Crippen LogP contribution in [-0.4, -0.2) is 6.61 Å². The van der Waals surface area contributed by atoms with Crippen molar-refractivity contribution in [3.8, 4) is 5.75 Å². The van der Waals surface area contributed by atoms with E-state index in [9.17, 15) is 0 Å². The molecule has 0 spiro atoms. The van der Waals surface area contributed by atoms with Crippen molar-refractivity contribution < 1.29 is 4.74 Å². The van der Waals surface area contributed by atoms with Crippen LogP contribution in [0.2, 0.25) is 0 Å². The van der Waals surface area contributed by atoms with Gasteiger partial charge in [0.15, 0.2) is 0 Å². The molecule has 1 aromatic rings. The van der Waals surface area contributed by atoms with E-state index in [-0.39, 0.29) is 0 Å². The molecule has 1 aromatic carbocycles. The molecule has 0 atom stereocenters. The first-order chi connectivity index (χ1) is 5.24. The predicted octanol–water partition coefficient (Wildman–Crippen LogP) is 1.06. The third-order valence-corrected chi connectivity index (χ3v) is 1.29. The average molecular weight is 151 g/mol. The Morgan fingerprint density at radius 2 is 2.09 bits per heavy atom. The van der Waals surface area contributed by atoms with Crippen LogP contribution in [0.4, 0.5) is 11.4 Å². The molecule has 0 saturated heterocycles. The SMILES string of the molecule is [CH2]COc1ccc(N)cc1N. The van der Waals surface area contributed by atoms with E-state index >= 15 is 0 Å². The van der Waals surface area contributed by atoms with Gasteiger partial charge in [-0.15, -0.1) is 0 Å². The predicted molar refractivity (Wildman–Crippen MR) is 46.1 cm³/mol. The van der Waals surface area contributed by atoms with E-state index in [1.807, 2.05) is 0 Å². The Hall–Kier alpha value is -1.38. The summed E-state index contributed by atoms with van der Waals surface area (Å²) in [5, 5.41) is 0. The number of nitrogens with two attached hydrogens (primary N) is 2. The molecule has 0 aliphatic heterocycles. The van der Waals surface area contributed by atoms with Gasteiger partial charge in [0.1, 0.15) is 5.75 Å². The molecule has 3 heteroatoms.